The van der Waals surface area contributed by atoms with Crippen LogP contribution in [0.1, 0.15) is 77.8 Å². The Morgan fingerprint density at radius 3 is 2.26 bits per heavy atom. The van der Waals surface area contributed by atoms with Gasteiger partial charge in [-0.2, -0.15) is 0 Å². The van der Waals surface area contributed by atoms with Crippen LogP contribution in [-0.2, 0) is 16.0 Å². The summed E-state index contributed by atoms with van der Waals surface area (Å²) in [6.45, 7) is 17.0. The minimum absolute atomic E-state index is 0.0535. The van der Waals surface area contributed by atoms with Gasteiger partial charge in [0.15, 0.2) is 5.82 Å². The van der Waals surface area contributed by atoms with Gasteiger partial charge in [-0.1, -0.05) is 33.8 Å². The number of hydrogen-bond donors (Lipinski definition) is 1. The third-order valence-corrected chi connectivity index (χ3v) is 6.89. The first kappa shape index (κ1) is 29.9. The van der Waals surface area contributed by atoms with Crippen LogP contribution in [0.15, 0.2) is 30.6 Å². The normalized spacial score (nSPS) is 19.9. The number of rotatable bonds is 4. The van der Waals surface area contributed by atoms with Crippen LogP contribution >= 0.6 is 0 Å². The van der Waals surface area contributed by atoms with E-state index in [2.05, 4.69) is 42.6 Å². The zero-order valence-corrected chi connectivity index (χ0v) is 23.8. The summed E-state index contributed by atoms with van der Waals surface area (Å²) >= 11 is 0. The van der Waals surface area contributed by atoms with Gasteiger partial charge in [0.05, 0.1) is 24.9 Å². The van der Waals surface area contributed by atoms with Crippen molar-refractivity contribution in [2.45, 2.75) is 85.4 Å². The average molecular weight is 526 g/mol. The molecule has 2 saturated heterocycles. The number of aromatic nitrogens is 3. The number of nitrogens with two attached hydrogens (primary N) is 1. The van der Waals surface area contributed by atoms with Crippen LogP contribution in [0, 0.1) is 5.82 Å². The van der Waals surface area contributed by atoms with E-state index in [9.17, 15) is 4.39 Å². The summed E-state index contributed by atoms with van der Waals surface area (Å²) in [5.74, 6) is -0.153. The molecule has 2 aromatic heterocycles. The van der Waals surface area contributed by atoms with Gasteiger partial charge in [-0.25, -0.2) is 14.4 Å². The van der Waals surface area contributed by atoms with E-state index in [4.69, 9.17) is 20.2 Å². The van der Waals surface area contributed by atoms with Crippen molar-refractivity contribution in [3.63, 3.8) is 0 Å². The average Bonchev–Trinajstić information content (AvgIpc) is 2.94. The molecule has 2 fully saturated rings. The molecule has 3 aromatic rings. The van der Waals surface area contributed by atoms with Gasteiger partial charge in [-0.05, 0) is 62.3 Å². The molecule has 1 aromatic carbocycles. The number of morpholine rings is 1. The van der Waals surface area contributed by atoms with E-state index in [1.807, 2.05) is 38.2 Å². The van der Waals surface area contributed by atoms with E-state index in [1.165, 1.54) is 30.4 Å². The fourth-order valence-electron chi connectivity index (χ4n) is 5.02. The molecular formula is C30H44FN5O2. The molecule has 2 aliphatic rings. The molecule has 208 valence electrons. The standard InChI is InChI=1S/C23H28FN5O.C5H10O.C2H6/c1-13(2)21-17(10-29-14(3)11-30-12-15(29)4)8-26-20-6-5-16(7-18(20)21)22-19(24)9-27-23(25)28-22;1-2-4-6-5-3-1;1-2/h5-9,13-15H,10-12H2,1-4H3,(H2,25,27,28);1-5H2;1-2H3. The van der Waals surface area contributed by atoms with E-state index in [1.54, 1.807) is 0 Å². The number of anilines is 1. The van der Waals surface area contributed by atoms with Crippen LogP contribution in [-0.4, -0.2) is 58.4 Å². The van der Waals surface area contributed by atoms with Crippen molar-refractivity contribution in [3.05, 3.63) is 47.5 Å². The highest BCUT2D eigenvalue weighted by molar-refractivity contribution is 5.88. The molecule has 0 saturated carbocycles. The topological polar surface area (TPSA) is 86.4 Å². The van der Waals surface area contributed by atoms with E-state index in [0.717, 1.165) is 50.1 Å². The summed E-state index contributed by atoms with van der Waals surface area (Å²) in [6, 6.07) is 6.40. The molecule has 8 heteroatoms. The Kier molecular flexibility index (Phi) is 11.4. The van der Waals surface area contributed by atoms with Gasteiger partial charge in [0.2, 0.25) is 5.95 Å². The molecule has 2 aliphatic heterocycles. The van der Waals surface area contributed by atoms with Gasteiger partial charge in [-0.15, -0.1) is 0 Å². The zero-order chi connectivity index (χ0) is 27.7. The molecule has 0 radical (unpaired) electrons. The van der Waals surface area contributed by atoms with Crippen molar-refractivity contribution in [2.24, 2.45) is 0 Å². The third kappa shape index (κ3) is 7.46. The first-order valence-electron chi connectivity index (χ1n) is 14.0. The largest absolute Gasteiger partial charge is 0.381 e. The number of ether oxygens (including phenoxy) is 2. The smallest absolute Gasteiger partial charge is 0.220 e. The summed E-state index contributed by atoms with van der Waals surface area (Å²) in [5, 5.41) is 1.02. The van der Waals surface area contributed by atoms with Crippen LogP contribution in [0.2, 0.25) is 0 Å². The van der Waals surface area contributed by atoms with Gasteiger partial charge in [0.1, 0.15) is 5.69 Å². The predicted molar refractivity (Wildman–Crippen MR) is 153 cm³/mol. The Morgan fingerprint density at radius 2 is 1.68 bits per heavy atom. The second-order valence-corrected chi connectivity index (χ2v) is 10.1. The first-order valence-corrected chi connectivity index (χ1v) is 14.0. The van der Waals surface area contributed by atoms with Crippen LogP contribution in [0.5, 0.6) is 0 Å². The molecular weight excluding hydrogens is 481 g/mol. The minimum Gasteiger partial charge on any atom is -0.381 e. The molecule has 5 rings (SSSR count). The number of pyridine rings is 1. The number of hydrogen-bond acceptors (Lipinski definition) is 7. The Morgan fingerprint density at radius 1 is 1.00 bits per heavy atom. The van der Waals surface area contributed by atoms with Crippen molar-refractivity contribution < 1.29 is 13.9 Å². The lowest BCUT2D eigenvalue weighted by Crippen LogP contribution is -2.49. The SMILES string of the molecule is C1CCOCC1.CC.CC(C)c1c(CN2C(C)COCC2C)cnc2ccc(-c3nc(N)ncc3F)cc12. The minimum atomic E-state index is -0.491. The molecule has 4 heterocycles. The fourth-order valence-corrected chi connectivity index (χ4v) is 5.02. The van der Waals surface area contributed by atoms with E-state index >= 15 is 0 Å². The molecule has 0 amide bonds. The zero-order valence-electron chi connectivity index (χ0n) is 23.8. The Hall–Kier alpha value is -2.68. The molecule has 0 spiro atoms. The molecule has 0 aliphatic carbocycles. The fraction of sp³-hybridized carbons (Fsp3) is 0.567. The van der Waals surface area contributed by atoms with Crippen molar-refractivity contribution in [1.82, 2.24) is 19.9 Å². The van der Waals surface area contributed by atoms with E-state index in [0.29, 0.717) is 17.6 Å². The second-order valence-electron chi connectivity index (χ2n) is 10.1. The lowest BCUT2D eigenvalue weighted by atomic mass is 9.92. The second kappa shape index (κ2) is 14.5. The van der Waals surface area contributed by atoms with Gasteiger partial charge < -0.3 is 15.2 Å². The van der Waals surface area contributed by atoms with Crippen molar-refractivity contribution in [3.8, 4) is 11.3 Å². The predicted octanol–water partition coefficient (Wildman–Crippen LogP) is 6.36. The third-order valence-electron chi connectivity index (χ3n) is 6.89. The highest BCUT2D eigenvalue weighted by Crippen LogP contribution is 2.33. The molecule has 7 nitrogen and oxygen atoms in total. The van der Waals surface area contributed by atoms with Gasteiger partial charge in [0, 0.05) is 49.0 Å². The number of nitrogens with zero attached hydrogens (tertiary/aromatic N) is 4. The van der Waals surface area contributed by atoms with Crippen molar-refractivity contribution in [1.29, 1.82) is 0 Å². The molecule has 0 bridgehead atoms. The maximum Gasteiger partial charge on any atom is 0.220 e. The summed E-state index contributed by atoms with van der Waals surface area (Å²) in [4.78, 5) is 15.0. The lowest BCUT2D eigenvalue weighted by Gasteiger charge is -2.39. The first-order chi connectivity index (χ1) is 18.3. The molecule has 38 heavy (non-hydrogen) atoms. The monoisotopic (exact) mass is 525 g/mol. The van der Waals surface area contributed by atoms with Gasteiger partial charge in [-0.3, -0.25) is 9.88 Å². The number of fused-ring (bicyclic) bond motifs is 1. The van der Waals surface area contributed by atoms with E-state index in [-0.39, 0.29) is 17.6 Å². The van der Waals surface area contributed by atoms with E-state index < -0.39 is 5.82 Å². The van der Waals surface area contributed by atoms with Gasteiger partial charge >= 0.3 is 0 Å². The Bertz CT molecular complexity index is 1150. The maximum atomic E-state index is 14.4. The van der Waals surface area contributed by atoms with Crippen molar-refractivity contribution >= 4 is 16.9 Å². The summed E-state index contributed by atoms with van der Waals surface area (Å²) in [5.41, 5.74) is 9.88. The summed E-state index contributed by atoms with van der Waals surface area (Å²) in [7, 11) is 0. The van der Waals surface area contributed by atoms with Crippen LogP contribution in [0.3, 0.4) is 0 Å². The summed E-state index contributed by atoms with van der Waals surface area (Å²) in [6.07, 6.45) is 7.02. The number of benzene rings is 1. The van der Waals surface area contributed by atoms with Crippen LogP contribution < -0.4 is 5.73 Å². The lowest BCUT2D eigenvalue weighted by molar-refractivity contribution is -0.0411. The Labute approximate surface area is 227 Å². The maximum absolute atomic E-state index is 14.4. The quantitative estimate of drug-likeness (QED) is 0.424. The molecule has 2 atom stereocenters. The van der Waals surface area contributed by atoms with Crippen LogP contribution in [0.25, 0.3) is 22.2 Å². The highest BCUT2D eigenvalue weighted by atomic mass is 19.1. The van der Waals surface area contributed by atoms with Gasteiger partial charge in [0.25, 0.3) is 0 Å². The Balaban J connectivity index is 0.000000434. The molecule has 2 unspecified atom stereocenters. The number of nitrogen functional groups attached to an aromatic ring is 1. The highest BCUT2D eigenvalue weighted by Gasteiger charge is 2.27. The van der Waals surface area contributed by atoms with Crippen molar-refractivity contribution in [2.75, 3.05) is 32.2 Å². The van der Waals surface area contributed by atoms with Crippen LogP contribution in [0.4, 0.5) is 10.3 Å². The molecule has 2 N–H and O–H groups in total. The number of halogens is 1. The summed E-state index contributed by atoms with van der Waals surface area (Å²) < 4.78 is 25.1.